The van der Waals surface area contributed by atoms with Crippen LogP contribution in [-0.4, -0.2) is 15.3 Å². The van der Waals surface area contributed by atoms with Crippen molar-refractivity contribution in [2.75, 3.05) is 0 Å². The summed E-state index contributed by atoms with van der Waals surface area (Å²) < 4.78 is 10.3. The maximum atomic E-state index is 5.48. The number of hydrogen-bond donors (Lipinski definition) is 0. The van der Waals surface area contributed by atoms with E-state index in [9.17, 15) is 0 Å². The Kier molecular flexibility index (Phi) is 2.98. The van der Waals surface area contributed by atoms with Crippen molar-refractivity contribution < 1.29 is 9.05 Å². The van der Waals surface area contributed by atoms with Crippen LogP contribution in [0, 0.1) is 0 Å². The van der Waals surface area contributed by atoms with Gasteiger partial charge in [0.15, 0.2) is 5.82 Å². The van der Waals surface area contributed by atoms with E-state index in [1.54, 1.807) is 6.26 Å². The van der Waals surface area contributed by atoms with E-state index < -0.39 is 0 Å². The Balaban J connectivity index is 1.39. The molecule has 5 heteroatoms. The normalized spacial score (nSPS) is 19.7. The lowest BCUT2D eigenvalue weighted by atomic mass is 10.0. The summed E-state index contributed by atoms with van der Waals surface area (Å²) >= 11 is 0. The molecule has 0 N–H and O–H groups in total. The molecular weight excluding hydrogens is 302 g/mol. The van der Waals surface area contributed by atoms with E-state index in [0.717, 1.165) is 18.0 Å². The van der Waals surface area contributed by atoms with Crippen LogP contribution in [0.5, 0.6) is 0 Å². The van der Waals surface area contributed by atoms with Crippen molar-refractivity contribution in [3.8, 4) is 0 Å². The van der Waals surface area contributed by atoms with E-state index in [-0.39, 0.29) is 0 Å². The molecule has 0 amide bonds. The molecule has 5 rings (SSSR count). The Morgan fingerprint density at radius 3 is 2.79 bits per heavy atom. The molecule has 0 bridgehead atoms. The van der Waals surface area contributed by atoms with Gasteiger partial charge in [0.2, 0.25) is 5.89 Å². The summed E-state index contributed by atoms with van der Waals surface area (Å²) in [5.74, 6) is 2.15. The third-order valence-corrected chi connectivity index (χ3v) is 4.64. The number of nitrogens with zero attached hydrogens (tertiary/aromatic N) is 3. The number of rotatable bonds is 4. The highest BCUT2D eigenvalue weighted by molar-refractivity contribution is 5.86. The summed E-state index contributed by atoms with van der Waals surface area (Å²) in [5, 5.41) is 10.5. The molecule has 1 saturated carbocycles. The lowest BCUT2D eigenvalue weighted by Gasteiger charge is -2.04. The first-order valence-corrected chi connectivity index (χ1v) is 8.08. The number of fused-ring (bicyclic) bond motifs is 1. The van der Waals surface area contributed by atoms with Crippen molar-refractivity contribution in [3.05, 3.63) is 77.8 Å². The van der Waals surface area contributed by atoms with E-state index in [0.29, 0.717) is 24.1 Å². The number of hydrogen-bond acceptors (Lipinski definition) is 5. The molecule has 0 unspecified atom stereocenters. The minimum absolute atomic E-state index is 0.314. The van der Waals surface area contributed by atoms with E-state index in [4.69, 9.17) is 9.05 Å². The number of benzene rings is 2. The van der Waals surface area contributed by atoms with Gasteiger partial charge in [0, 0.05) is 12.0 Å². The van der Waals surface area contributed by atoms with Crippen LogP contribution < -0.4 is 0 Å². The van der Waals surface area contributed by atoms with Crippen LogP contribution in [0.15, 0.2) is 63.8 Å². The second-order valence-corrected chi connectivity index (χ2v) is 6.23. The topological polar surface area (TPSA) is 65.0 Å². The quantitative estimate of drug-likeness (QED) is 0.567. The van der Waals surface area contributed by atoms with Crippen LogP contribution in [0.1, 0.15) is 41.2 Å². The van der Waals surface area contributed by atoms with Crippen molar-refractivity contribution in [2.45, 2.75) is 24.7 Å². The van der Waals surface area contributed by atoms with Crippen molar-refractivity contribution in [3.63, 3.8) is 0 Å². The molecule has 0 spiro atoms. The molecule has 5 nitrogen and oxygen atoms in total. The zero-order chi connectivity index (χ0) is 15.9. The van der Waals surface area contributed by atoms with Gasteiger partial charge >= 0.3 is 0 Å². The van der Waals surface area contributed by atoms with Crippen LogP contribution in [-0.2, 0) is 6.42 Å². The molecule has 118 valence electrons. The molecule has 2 heterocycles. The minimum Gasteiger partial charge on any atom is -0.364 e. The highest BCUT2D eigenvalue weighted by Crippen LogP contribution is 2.55. The Morgan fingerprint density at radius 2 is 1.88 bits per heavy atom. The van der Waals surface area contributed by atoms with Gasteiger partial charge < -0.3 is 9.05 Å². The molecule has 2 aromatic carbocycles. The zero-order valence-corrected chi connectivity index (χ0v) is 12.9. The SMILES string of the molecule is c1ccc2c([C@@H]3C[C@H]3c3nc(Cc4ccon4)no3)cccc2c1. The highest BCUT2D eigenvalue weighted by Gasteiger charge is 2.44. The summed E-state index contributed by atoms with van der Waals surface area (Å²) in [5.41, 5.74) is 2.18. The van der Waals surface area contributed by atoms with Gasteiger partial charge in [-0.25, -0.2) is 0 Å². The molecule has 1 fully saturated rings. The Morgan fingerprint density at radius 1 is 0.958 bits per heavy atom. The molecule has 4 aromatic rings. The predicted octanol–water partition coefficient (Wildman–Crippen LogP) is 4.07. The van der Waals surface area contributed by atoms with Gasteiger partial charge in [-0.3, -0.25) is 0 Å². The molecule has 0 saturated heterocycles. The first-order chi connectivity index (χ1) is 11.9. The Labute approximate surface area is 138 Å². The maximum Gasteiger partial charge on any atom is 0.230 e. The van der Waals surface area contributed by atoms with Crippen LogP contribution in [0.4, 0.5) is 0 Å². The highest BCUT2D eigenvalue weighted by atomic mass is 16.5. The van der Waals surface area contributed by atoms with Crippen LogP contribution >= 0.6 is 0 Å². The van der Waals surface area contributed by atoms with Gasteiger partial charge in [0.05, 0.1) is 12.1 Å². The van der Waals surface area contributed by atoms with E-state index in [1.165, 1.54) is 16.3 Å². The summed E-state index contributed by atoms with van der Waals surface area (Å²) in [6.07, 6.45) is 3.14. The molecule has 24 heavy (non-hydrogen) atoms. The molecule has 1 aliphatic rings. The fourth-order valence-electron chi connectivity index (χ4n) is 3.37. The van der Waals surface area contributed by atoms with Crippen molar-refractivity contribution in [1.29, 1.82) is 0 Å². The smallest absolute Gasteiger partial charge is 0.230 e. The second-order valence-electron chi connectivity index (χ2n) is 6.23. The molecule has 2 aromatic heterocycles. The van der Waals surface area contributed by atoms with Gasteiger partial charge in [-0.1, -0.05) is 52.8 Å². The monoisotopic (exact) mass is 317 g/mol. The lowest BCUT2D eigenvalue weighted by Crippen LogP contribution is -1.91. The van der Waals surface area contributed by atoms with E-state index in [2.05, 4.69) is 57.8 Å². The van der Waals surface area contributed by atoms with Crippen molar-refractivity contribution >= 4 is 10.8 Å². The number of aromatic nitrogens is 3. The Hall–Kier alpha value is -2.95. The molecule has 1 aliphatic carbocycles. The third-order valence-electron chi connectivity index (χ3n) is 4.64. The van der Waals surface area contributed by atoms with Crippen molar-refractivity contribution in [1.82, 2.24) is 15.3 Å². The molecule has 0 radical (unpaired) electrons. The average molecular weight is 317 g/mol. The van der Waals surface area contributed by atoms with Gasteiger partial charge in [-0.15, -0.1) is 0 Å². The molecular formula is C19H15N3O2. The maximum absolute atomic E-state index is 5.48. The first-order valence-electron chi connectivity index (χ1n) is 8.08. The van der Waals surface area contributed by atoms with E-state index >= 15 is 0 Å². The van der Waals surface area contributed by atoms with Crippen LogP contribution in [0.25, 0.3) is 10.8 Å². The van der Waals surface area contributed by atoms with Gasteiger partial charge in [-0.2, -0.15) is 4.98 Å². The second kappa shape index (κ2) is 5.30. The summed E-state index contributed by atoms with van der Waals surface area (Å²) in [4.78, 5) is 4.54. The Bertz CT molecular complexity index is 985. The van der Waals surface area contributed by atoms with Gasteiger partial charge in [0.1, 0.15) is 6.26 Å². The standard InChI is InChI=1S/C19H15N3O2/c1-2-6-14-12(4-1)5-3-7-15(14)16-11-17(16)19-20-18(22-24-19)10-13-8-9-23-21-13/h1-9,16-17H,10-11H2/t16-,17+/m0/s1. The van der Waals surface area contributed by atoms with Crippen LogP contribution in [0.3, 0.4) is 0 Å². The molecule has 2 atom stereocenters. The fraction of sp³-hybridized carbons (Fsp3) is 0.211. The largest absolute Gasteiger partial charge is 0.364 e. The minimum atomic E-state index is 0.314. The lowest BCUT2D eigenvalue weighted by molar-refractivity contribution is 0.372. The first kappa shape index (κ1) is 13.5. The van der Waals surface area contributed by atoms with Gasteiger partial charge in [-0.05, 0) is 28.7 Å². The summed E-state index contributed by atoms with van der Waals surface area (Å²) in [7, 11) is 0. The van der Waals surface area contributed by atoms with E-state index in [1.807, 2.05) is 6.07 Å². The van der Waals surface area contributed by atoms with Gasteiger partial charge in [0.25, 0.3) is 0 Å². The zero-order valence-electron chi connectivity index (χ0n) is 12.9. The van der Waals surface area contributed by atoms with Crippen molar-refractivity contribution in [2.24, 2.45) is 0 Å². The van der Waals surface area contributed by atoms with Crippen LogP contribution in [0.2, 0.25) is 0 Å². The molecule has 0 aliphatic heterocycles. The third kappa shape index (κ3) is 2.29. The summed E-state index contributed by atoms with van der Waals surface area (Å²) in [6, 6.07) is 16.8. The summed E-state index contributed by atoms with van der Waals surface area (Å²) in [6.45, 7) is 0. The fourth-order valence-corrected chi connectivity index (χ4v) is 3.37. The predicted molar refractivity (Wildman–Crippen MR) is 87.7 cm³/mol. The average Bonchev–Trinajstić information content (AvgIpc) is 3.01.